The molecule has 25 heavy (non-hydrogen) atoms. The molecule has 1 aliphatic rings. The minimum atomic E-state index is -4.37. The monoisotopic (exact) mass is 365 g/mol. The highest BCUT2D eigenvalue weighted by atomic mass is 32.1. The minimum Gasteiger partial charge on any atom is -0.342 e. The molecule has 0 amide bonds. The summed E-state index contributed by atoms with van der Waals surface area (Å²) < 4.78 is 38.6. The molecule has 0 bridgehead atoms. The van der Waals surface area contributed by atoms with Crippen LogP contribution in [0.1, 0.15) is 36.4 Å². The van der Waals surface area contributed by atoms with E-state index >= 15 is 0 Å². The van der Waals surface area contributed by atoms with E-state index in [4.69, 9.17) is 12.2 Å². The molecule has 1 unspecified atom stereocenters. The number of anilines is 1. The number of likely N-dealkylation sites (tertiary alicyclic amines) is 1. The zero-order valence-electron chi connectivity index (χ0n) is 13.5. The van der Waals surface area contributed by atoms with Crippen molar-refractivity contribution in [1.29, 1.82) is 0 Å². The van der Waals surface area contributed by atoms with Crippen molar-refractivity contribution in [2.75, 3.05) is 11.9 Å². The predicted molar refractivity (Wildman–Crippen MR) is 95.2 cm³/mol. The number of piperidine rings is 1. The predicted octanol–water partition coefficient (Wildman–Crippen LogP) is 5.02. The standard InChI is InChI=1S/C18H18F3N3S/c19-18(20,21)14-6-3-7-15(11-14)23-17(25)24-10-2-1-8-16(24)13-5-4-9-22-12-13/h3-7,9,11-12,16H,1-2,8,10H2,(H,23,25). The Hall–Kier alpha value is -2.15. The summed E-state index contributed by atoms with van der Waals surface area (Å²) in [5.41, 5.74) is 0.716. The lowest BCUT2D eigenvalue weighted by Gasteiger charge is -2.37. The molecule has 7 heteroatoms. The highest BCUT2D eigenvalue weighted by molar-refractivity contribution is 7.80. The van der Waals surface area contributed by atoms with E-state index < -0.39 is 11.7 Å². The Morgan fingerprint density at radius 1 is 1.20 bits per heavy atom. The van der Waals surface area contributed by atoms with Gasteiger partial charge in [-0.3, -0.25) is 4.98 Å². The third-order valence-corrected chi connectivity index (χ3v) is 4.61. The number of hydrogen-bond donors (Lipinski definition) is 1. The van der Waals surface area contributed by atoms with Gasteiger partial charge in [-0.25, -0.2) is 0 Å². The number of hydrogen-bond acceptors (Lipinski definition) is 2. The van der Waals surface area contributed by atoms with Crippen LogP contribution in [0.25, 0.3) is 0 Å². The van der Waals surface area contributed by atoms with E-state index in [9.17, 15) is 13.2 Å². The normalized spacial score (nSPS) is 18.0. The summed E-state index contributed by atoms with van der Waals surface area (Å²) in [4.78, 5) is 6.20. The third-order valence-electron chi connectivity index (χ3n) is 4.27. The molecule has 2 aromatic rings. The van der Waals surface area contributed by atoms with Crippen molar-refractivity contribution in [2.24, 2.45) is 0 Å². The second-order valence-electron chi connectivity index (χ2n) is 6.00. The molecular weight excluding hydrogens is 347 g/mol. The van der Waals surface area contributed by atoms with Crippen molar-refractivity contribution < 1.29 is 13.2 Å². The van der Waals surface area contributed by atoms with Gasteiger partial charge in [0.1, 0.15) is 0 Å². The van der Waals surface area contributed by atoms with E-state index in [1.165, 1.54) is 6.07 Å². The molecule has 1 aliphatic heterocycles. The van der Waals surface area contributed by atoms with Gasteiger partial charge in [0.15, 0.2) is 5.11 Å². The molecular formula is C18H18F3N3S. The van der Waals surface area contributed by atoms with E-state index in [-0.39, 0.29) is 6.04 Å². The maximum Gasteiger partial charge on any atom is 0.416 e. The van der Waals surface area contributed by atoms with Crippen LogP contribution in [0, 0.1) is 0 Å². The Morgan fingerprint density at radius 3 is 2.76 bits per heavy atom. The summed E-state index contributed by atoms with van der Waals surface area (Å²) >= 11 is 5.48. The number of rotatable bonds is 2. The van der Waals surface area contributed by atoms with Gasteiger partial charge in [-0.2, -0.15) is 13.2 Å². The molecule has 3 rings (SSSR count). The zero-order chi connectivity index (χ0) is 17.9. The first-order valence-electron chi connectivity index (χ1n) is 8.10. The largest absolute Gasteiger partial charge is 0.416 e. The van der Waals surface area contributed by atoms with Crippen LogP contribution >= 0.6 is 12.2 Å². The second-order valence-corrected chi connectivity index (χ2v) is 6.39. The summed E-state index contributed by atoms with van der Waals surface area (Å²) in [5.74, 6) is 0. The van der Waals surface area contributed by atoms with E-state index in [1.54, 1.807) is 12.3 Å². The van der Waals surface area contributed by atoms with Gasteiger partial charge in [0.2, 0.25) is 0 Å². The molecule has 1 aromatic carbocycles. The Balaban J connectivity index is 1.77. The van der Waals surface area contributed by atoms with Crippen molar-refractivity contribution in [3.8, 4) is 0 Å². The number of thiocarbonyl (C=S) groups is 1. The maximum absolute atomic E-state index is 12.9. The summed E-state index contributed by atoms with van der Waals surface area (Å²) in [6.07, 6.45) is 2.19. The van der Waals surface area contributed by atoms with Crippen LogP contribution in [-0.4, -0.2) is 21.5 Å². The van der Waals surface area contributed by atoms with Crippen LogP contribution in [0.3, 0.4) is 0 Å². The van der Waals surface area contributed by atoms with Crippen LogP contribution in [0.15, 0.2) is 48.8 Å². The number of benzene rings is 1. The molecule has 1 N–H and O–H groups in total. The van der Waals surface area contributed by atoms with Gasteiger partial charge >= 0.3 is 6.18 Å². The average molecular weight is 365 g/mol. The van der Waals surface area contributed by atoms with Crippen molar-refractivity contribution in [3.05, 3.63) is 59.9 Å². The number of nitrogens with one attached hydrogen (secondary N) is 1. The first-order valence-corrected chi connectivity index (χ1v) is 8.51. The fraction of sp³-hybridized carbons (Fsp3) is 0.333. The number of halogens is 3. The molecule has 1 aromatic heterocycles. The van der Waals surface area contributed by atoms with E-state index in [0.29, 0.717) is 10.8 Å². The molecule has 0 aliphatic carbocycles. The second kappa shape index (κ2) is 7.39. The van der Waals surface area contributed by atoms with E-state index in [1.807, 2.05) is 23.2 Å². The smallest absolute Gasteiger partial charge is 0.342 e. The summed E-state index contributed by atoms with van der Waals surface area (Å²) in [6.45, 7) is 0.768. The molecule has 3 nitrogen and oxygen atoms in total. The summed E-state index contributed by atoms with van der Waals surface area (Å²) in [7, 11) is 0. The van der Waals surface area contributed by atoms with Gasteiger partial charge in [-0.1, -0.05) is 12.1 Å². The van der Waals surface area contributed by atoms with Crippen molar-refractivity contribution in [3.63, 3.8) is 0 Å². The lowest BCUT2D eigenvalue weighted by molar-refractivity contribution is -0.137. The lowest BCUT2D eigenvalue weighted by Crippen LogP contribution is -2.41. The topological polar surface area (TPSA) is 28.2 Å². The zero-order valence-corrected chi connectivity index (χ0v) is 14.3. The van der Waals surface area contributed by atoms with Crippen molar-refractivity contribution in [1.82, 2.24) is 9.88 Å². The lowest BCUT2D eigenvalue weighted by atomic mass is 9.97. The first kappa shape index (κ1) is 17.7. The van der Waals surface area contributed by atoms with Gasteiger partial charge in [0, 0.05) is 24.6 Å². The van der Waals surface area contributed by atoms with Crippen LogP contribution in [0.4, 0.5) is 18.9 Å². The third kappa shape index (κ3) is 4.28. The van der Waals surface area contributed by atoms with Gasteiger partial charge in [0.25, 0.3) is 0 Å². The Labute approximate surface area is 149 Å². The number of pyridine rings is 1. The Bertz CT molecular complexity index is 734. The summed E-state index contributed by atoms with van der Waals surface area (Å²) in [6, 6.07) is 9.07. The fourth-order valence-electron chi connectivity index (χ4n) is 3.06. The highest BCUT2D eigenvalue weighted by Gasteiger charge is 2.31. The summed E-state index contributed by atoms with van der Waals surface area (Å²) in [5, 5.41) is 3.40. The Kier molecular flexibility index (Phi) is 5.22. The molecule has 2 heterocycles. The van der Waals surface area contributed by atoms with Crippen LogP contribution in [0.2, 0.25) is 0 Å². The number of aromatic nitrogens is 1. The number of alkyl halides is 3. The molecule has 0 saturated carbocycles. The van der Waals surface area contributed by atoms with Gasteiger partial charge < -0.3 is 10.2 Å². The van der Waals surface area contributed by atoms with E-state index in [0.717, 1.165) is 43.5 Å². The molecule has 0 spiro atoms. The van der Waals surface area contributed by atoms with Gasteiger partial charge in [-0.15, -0.1) is 0 Å². The average Bonchev–Trinajstić information content (AvgIpc) is 2.62. The van der Waals surface area contributed by atoms with Gasteiger partial charge in [0.05, 0.1) is 11.6 Å². The van der Waals surface area contributed by atoms with Crippen LogP contribution in [0.5, 0.6) is 0 Å². The Morgan fingerprint density at radius 2 is 2.04 bits per heavy atom. The van der Waals surface area contributed by atoms with Crippen molar-refractivity contribution >= 4 is 23.0 Å². The number of nitrogens with zero attached hydrogens (tertiary/aromatic N) is 2. The fourth-order valence-corrected chi connectivity index (χ4v) is 3.40. The van der Waals surface area contributed by atoms with Crippen molar-refractivity contribution in [2.45, 2.75) is 31.5 Å². The highest BCUT2D eigenvalue weighted by Crippen LogP contribution is 2.33. The molecule has 1 atom stereocenters. The first-order chi connectivity index (χ1) is 11.9. The SMILES string of the molecule is FC(F)(F)c1cccc(NC(=S)N2CCCCC2c2cccnc2)c1. The molecule has 132 valence electrons. The van der Waals surface area contributed by atoms with E-state index in [2.05, 4.69) is 10.3 Å². The van der Waals surface area contributed by atoms with Crippen LogP contribution in [-0.2, 0) is 6.18 Å². The minimum absolute atomic E-state index is 0.0910. The molecule has 1 fully saturated rings. The molecule has 0 radical (unpaired) electrons. The van der Waals surface area contributed by atoms with Gasteiger partial charge in [-0.05, 0) is 61.3 Å². The maximum atomic E-state index is 12.9. The quantitative estimate of drug-likeness (QED) is 0.756. The molecule has 1 saturated heterocycles. The van der Waals surface area contributed by atoms with Crippen LogP contribution < -0.4 is 5.32 Å².